The SMILES string of the molecule is C=Cc1cccc(C2=CC(=O)OC2=O)c1C=C. The summed E-state index contributed by atoms with van der Waals surface area (Å²) in [6.07, 6.45) is 4.49. The van der Waals surface area contributed by atoms with Crippen LogP contribution in [0.5, 0.6) is 0 Å². The Balaban J connectivity index is 2.64. The summed E-state index contributed by atoms with van der Waals surface area (Å²) in [4.78, 5) is 22.5. The minimum Gasteiger partial charge on any atom is -0.386 e. The van der Waals surface area contributed by atoms with Crippen molar-refractivity contribution >= 4 is 29.7 Å². The normalized spacial score (nSPS) is 14.2. The molecule has 1 heterocycles. The molecule has 0 radical (unpaired) electrons. The van der Waals surface area contributed by atoms with Crippen LogP contribution >= 0.6 is 0 Å². The second kappa shape index (κ2) is 4.22. The van der Waals surface area contributed by atoms with Crippen LogP contribution in [0, 0.1) is 0 Å². The quantitative estimate of drug-likeness (QED) is 0.587. The Morgan fingerprint density at radius 1 is 1.12 bits per heavy atom. The van der Waals surface area contributed by atoms with Gasteiger partial charge in [0, 0.05) is 6.08 Å². The lowest BCUT2D eigenvalue weighted by Gasteiger charge is -2.08. The van der Waals surface area contributed by atoms with E-state index in [0.29, 0.717) is 5.56 Å². The first kappa shape index (κ1) is 11.1. The lowest BCUT2D eigenvalue weighted by molar-refractivity contribution is -0.149. The molecule has 0 bridgehead atoms. The smallest absolute Gasteiger partial charge is 0.346 e. The maximum absolute atomic E-state index is 11.5. The predicted octanol–water partition coefficient (Wildman–Crippen LogP) is 2.44. The number of carbonyl (C=O) groups excluding carboxylic acids is 2. The lowest BCUT2D eigenvalue weighted by atomic mass is 9.95. The van der Waals surface area contributed by atoms with Crippen molar-refractivity contribution in [2.45, 2.75) is 0 Å². The summed E-state index contributed by atoms with van der Waals surface area (Å²) < 4.78 is 4.47. The molecule has 1 aliphatic heterocycles. The van der Waals surface area contributed by atoms with E-state index >= 15 is 0 Å². The second-order valence-electron chi connectivity index (χ2n) is 3.48. The molecule has 84 valence electrons. The van der Waals surface area contributed by atoms with E-state index in [2.05, 4.69) is 17.9 Å². The zero-order valence-corrected chi connectivity index (χ0v) is 9.10. The van der Waals surface area contributed by atoms with E-state index in [1.807, 2.05) is 6.07 Å². The zero-order valence-electron chi connectivity index (χ0n) is 9.10. The fraction of sp³-hybridized carbons (Fsp3) is 0. The van der Waals surface area contributed by atoms with Crippen LogP contribution in [0.25, 0.3) is 17.7 Å². The number of esters is 2. The van der Waals surface area contributed by atoms with Gasteiger partial charge in [0.25, 0.3) is 0 Å². The minimum atomic E-state index is -0.635. The maximum atomic E-state index is 11.5. The van der Waals surface area contributed by atoms with Gasteiger partial charge in [-0.15, -0.1) is 0 Å². The van der Waals surface area contributed by atoms with Crippen molar-refractivity contribution in [1.29, 1.82) is 0 Å². The Kier molecular flexibility index (Phi) is 2.75. The number of ether oxygens (including phenoxy) is 1. The largest absolute Gasteiger partial charge is 0.386 e. The summed E-state index contributed by atoms with van der Waals surface area (Å²) in [6, 6.07) is 5.39. The minimum absolute atomic E-state index is 0.258. The molecule has 3 heteroatoms. The number of carbonyl (C=O) groups is 2. The van der Waals surface area contributed by atoms with Gasteiger partial charge >= 0.3 is 11.9 Å². The molecular formula is C14H10O3. The Hall–Kier alpha value is -2.42. The topological polar surface area (TPSA) is 43.4 Å². The number of hydrogen-bond donors (Lipinski definition) is 0. The van der Waals surface area contributed by atoms with Gasteiger partial charge in [0.1, 0.15) is 0 Å². The van der Waals surface area contributed by atoms with E-state index in [-0.39, 0.29) is 5.57 Å². The summed E-state index contributed by atoms with van der Waals surface area (Å²) in [5, 5.41) is 0. The predicted molar refractivity (Wildman–Crippen MR) is 65.7 cm³/mol. The molecule has 3 nitrogen and oxygen atoms in total. The molecule has 17 heavy (non-hydrogen) atoms. The van der Waals surface area contributed by atoms with E-state index in [1.54, 1.807) is 24.3 Å². The van der Waals surface area contributed by atoms with Gasteiger partial charge in [-0.2, -0.15) is 0 Å². The Labute approximate surface area is 98.7 Å². The van der Waals surface area contributed by atoms with Crippen LogP contribution in [-0.4, -0.2) is 11.9 Å². The first-order valence-electron chi connectivity index (χ1n) is 5.03. The van der Waals surface area contributed by atoms with E-state index in [4.69, 9.17) is 0 Å². The molecule has 0 amide bonds. The van der Waals surface area contributed by atoms with Crippen LogP contribution in [0.3, 0.4) is 0 Å². The molecule has 0 saturated carbocycles. The summed E-state index contributed by atoms with van der Waals surface area (Å²) in [5.41, 5.74) is 2.51. The Morgan fingerprint density at radius 3 is 2.41 bits per heavy atom. The van der Waals surface area contributed by atoms with E-state index in [1.165, 1.54) is 6.08 Å². The highest BCUT2D eigenvalue weighted by atomic mass is 16.6. The van der Waals surface area contributed by atoms with Gasteiger partial charge in [-0.25, -0.2) is 9.59 Å². The average molecular weight is 226 g/mol. The molecule has 0 fully saturated rings. The number of cyclic esters (lactones) is 2. The fourth-order valence-corrected chi connectivity index (χ4v) is 1.76. The molecule has 0 N–H and O–H groups in total. The molecule has 0 aromatic heterocycles. The van der Waals surface area contributed by atoms with Crippen molar-refractivity contribution in [3.63, 3.8) is 0 Å². The third-order valence-corrected chi connectivity index (χ3v) is 2.53. The molecule has 0 atom stereocenters. The highest BCUT2D eigenvalue weighted by Gasteiger charge is 2.26. The summed E-state index contributed by atoms with van der Waals surface area (Å²) in [5.74, 6) is -1.26. The number of rotatable bonds is 3. The molecular weight excluding hydrogens is 216 g/mol. The van der Waals surface area contributed by atoms with E-state index < -0.39 is 11.9 Å². The monoisotopic (exact) mass is 226 g/mol. The van der Waals surface area contributed by atoms with Gasteiger partial charge in [0.05, 0.1) is 5.57 Å². The van der Waals surface area contributed by atoms with Crippen LogP contribution in [0.1, 0.15) is 16.7 Å². The highest BCUT2D eigenvalue weighted by Crippen LogP contribution is 2.28. The zero-order chi connectivity index (χ0) is 12.4. The van der Waals surface area contributed by atoms with Crippen LogP contribution in [0.4, 0.5) is 0 Å². The first-order chi connectivity index (χ1) is 8.17. The van der Waals surface area contributed by atoms with E-state index in [9.17, 15) is 9.59 Å². The average Bonchev–Trinajstić information content (AvgIpc) is 2.67. The molecule has 1 aromatic rings. The summed E-state index contributed by atoms with van der Waals surface area (Å²) >= 11 is 0. The lowest BCUT2D eigenvalue weighted by Crippen LogP contribution is -2.02. The molecule has 2 rings (SSSR count). The molecule has 1 aliphatic rings. The Bertz CT molecular complexity index is 565. The van der Waals surface area contributed by atoms with Crippen molar-refractivity contribution in [3.05, 3.63) is 54.1 Å². The second-order valence-corrected chi connectivity index (χ2v) is 3.48. The fourth-order valence-electron chi connectivity index (χ4n) is 1.76. The van der Waals surface area contributed by atoms with Crippen LogP contribution in [0.15, 0.2) is 37.4 Å². The highest BCUT2D eigenvalue weighted by molar-refractivity contribution is 6.28. The number of benzene rings is 1. The Morgan fingerprint density at radius 2 is 1.88 bits per heavy atom. The number of hydrogen-bond acceptors (Lipinski definition) is 3. The molecule has 0 aliphatic carbocycles. The third-order valence-electron chi connectivity index (χ3n) is 2.53. The van der Waals surface area contributed by atoms with Crippen LogP contribution < -0.4 is 0 Å². The van der Waals surface area contributed by atoms with Crippen LogP contribution in [-0.2, 0) is 14.3 Å². The van der Waals surface area contributed by atoms with Crippen molar-refractivity contribution in [1.82, 2.24) is 0 Å². The van der Waals surface area contributed by atoms with Gasteiger partial charge in [-0.05, 0) is 16.7 Å². The molecule has 0 spiro atoms. The molecule has 1 aromatic carbocycles. The van der Waals surface area contributed by atoms with E-state index in [0.717, 1.165) is 11.1 Å². The van der Waals surface area contributed by atoms with Crippen molar-refractivity contribution < 1.29 is 14.3 Å². The molecule has 0 unspecified atom stereocenters. The summed E-state index contributed by atoms with van der Waals surface area (Å²) in [6.45, 7) is 7.39. The van der Waals surface area contributed by atoms with Crippen molar-refractivity contribution in [2.75, 3.05) is 0 Å². The standard InChI is InChI=1S/C14H10O3/c1-3-9-6-5-7-11(10(9)4-2)12-8-13(15)17-14(12)16/h3-8H,1-2H2. The van der Waals surface area contributed by atoms with Crippen LogP contribution in [0.2, 0.25) is 0 Å². The summed E-state index contributed by atoms with van der Waals surface area (Å²) in [7, 11) is 0. The van der Waals surface area contributed by atoms with Crippen molar-refractivity contribution in [3.8, 4) is 0 Å². The third kappa shape index (κ3) is 1.83. The van der Waals surface area contributed by atoms with Crippen molar-refractivity contribution in [2.24, 2.45) is 0 Å². The van der Waals surface area contributed by atoms with Gasteiger partial charge in [0.15, 0.2) is 0 Å². The van der Waals surface area contributed by atoms with Gasteiger partial charge in [0.2, 0.25) is 0 Å². The molecule has 0 saturated heterocycles. The van der Waals surface area contributed by atoms with Gasteiger partial charge in [-0.1, -0.05) is 43.5 Å². The van der Waals surface area contributed by atoms with Gasteiger partial charge in [-0.3, -0.25) is 0 Å². The first-order valence-corrected chi connectivity index (χ1v) is 5.03. The van der Waals surface area contributed by atoms with Gasteiger partial charge < -0.3 is 4.74 Å². The maximum Gasteiger partial charge on any atom is 0.346 e.